The van der Waals surface area contributed by atoms with E-state index in [0.717, 1.165) is 89.0 Å². The molecule has 3 heterocycles. The Morgan fingerprint density at radius 3 is 1.51 bits per heavy atom. The zero-order chi connectivity index (χ0) is 41.7. The fourth-order valence-electron chi connectivity index (χ4n) is 9.09. The Bertz CT molecular complexity index is 3580. The molecule has 0 amide bonds. The topological polar surface area (TPSA) is 43.6 Å². The van der Waals surface area contributed by atoms with Crippen molar-refractivity contribution in [3.8, 4) is 73.1 Å². The van der Waals surface area contributed by atoms with Crippen LogP contribution in [-0.4, -0.2) is 19.5 Å². The highest BCUT2D eigenvalue weighted by Gasteiger charge is 2.19. The summed E-state index contributed by atoms with van der Waals surface area (Å²) in [6, 6.07) is 81.6. The van der Waals surface area contributed by atoms with E-state index in [9.17, 15) is 0 Å². The average molecular weight is 803 g/mol. The van der Waals surface area contributed by atoms with Crippen LogP contribution in [0.4, 0.5) is 0 Å². The zero-order valence-electron chi connectivity index (χ0n) is 34.2. The van der Waals surface area contributed by atoms with Gasteiger partial charge in [-0.25, -0.2) is 15.0 Å². The molecule has 0 atom stereocenters. The SMILES string of the molecule is c1ccc(-c2cc(-c3ccc(-c4cccc(-c5ccc6c(c5)c5cc7c(cc5n6-c5ccccc5)c(-c5ccccc5)nc5ccccc57)c4)cc3)nc(-c3ccccc3)n2)cc1. The van der Waals surface area contributed by atoms with E-state index in [1.165, 1.54) is 21.7 Å². The third-order valence-corrected chi connectivity index (χ3v) is 12.2. The van der Waals surface area contributed by atoms with E-state index in [1.807, 2.05) is 36.4 Å². The van der Waals surface area contributed by atoms with Crippen molar-refractivity contribution in [3.05, 3.63) is 231 Å². The first-order chi connectivity index (χ1) is 31.2. The van der Waals surface area contributed by atoms with Crippen molar-refractivity contribution in [2.75, 3.05) is 0 Å². The maximum absolute atomic E-state index is 5.26. The second-order valence-electron chi connectivity index (χ2n) is 16.0. The van der Waals surface area contributed by atoms with Crippen LogP contribution in [0.5, 0.6) is 0 Å². The van der Waals surface area contributed by atoms with Gasteiger partial charge in [-0.3, -0.25) is 0 Å². The molecule has 0 saturated heterocycles. The van der Waals surface area contributed by atoms with Gasteiger partial charge in [0.15, 0.2) is 5.82 Å². The zero-order valence-corrected chi connectivity index (χ0v) is 34.2. The highest BCUT2D eigenvalue weighted by Crippen LogP contribution is 2.41. The molecule has 4 heteroatoms. The van der Waals surface area contributed by atoms with Crippen LogP contribution in [0, 0.1) is 0 Å². The molecule has 294 valence electrons. The molecule has 0 unspecified atom stereocenters. The molecular weight excluding hydrogens is 765 g/mol. The van der Waals surface area contributed by atoms with Gasteiger partial charge in [-0.2, -0.15) is 0 Å². The number of fused-ring (bicyclic) bond motifs is 6. The quantitative estimate of drug-likeness (QED) is 0.151. The first-order valence-corrected chi connectivity index (χ1v) is 21.3. The minimum atomic E-state index is 0.711. The molecule has 4 nitrogen and oxygen atoms in total. The molecule has 0 fully saturated rings. The lowest BCUT2D eigenvalue weighted by Gasteiger charge is -2.12. The normalized spacial score (nSPS) is 11.5. The Labute approximate surface area is 365 Å². The lowest BCUT2D eigenvalue weighted by atomic mass is 9.96. The van der Waals surface area contributed by atoms with Crippen molar-refractivity contribution < 1.29 is 0 Å². The Morgan fingerprint density at radius 2 is 0.794 bits per heavy atom. The van der Waals surface area contributed by atoms with Gasteiger partial charge in [-0.15, -0.1) is 0 Å². The van der Waals surface area contributed by atoms with Gasteiger partial charge in [0.25, 0.3) is 0 Å². The summed E-state index contributed by atoms with van der Waals surface area (Å²) in [6.07, 6.45) is 0. The number of benzene rings is 9. The molecule has 0 aliphatic heterocycles. The molecule has 0 saturated carbocycles. The maximum atomic E-state index is 5.26. The van der Waals surface area contributed by atoms with Crippen LogP contribution in [0.1, 0.15) is 0 Å². The standard InChI is InChI=1S/C59H38N4/c1-5-16-40(17-6-1)54-38-55(62-59(61-54)43-20-9-3-10-21-43)41-30-28-39(29-31-41)44-22-15-23-45(34-44)46-32-33-56-50(35-46)51-36-49-48-26-13-14-27-53(48)60-58(42-18-7-2-8-19-42)52(49)37-57(51)63(56)47-24-11-4-12-25-47/h1-38H. The van der Waals surface area contributed by atoms with E-state index >= 15 is 0 Å². The number of rotatable bonds is 7. The first kappa shape index (κ1) is 36.4. The molecule has 0 aliphatic carbocycles. The smallest absolute Gasteiger partial charge is 0.160 e. The van der Waals surface area contributed by atoms with Crippen molar-refractivity contribution >= 4 is 43.5 Å². The van der Waals surface area contributed by atoms with Crippen molar-refractivity contribution in [3.63, 3.8) is 0 Å². The number of para-hydroxylation sites is 2. The van der Waals surface area contributed by atoms with Crippen molar-refractivity contribution in [1.29, 1.82) is 0 Å². The number of aromatic nitrogens is 4. The van der Waals surface area contributed by atoms with Gasteiger partial charge in [-0.05, 0) is 82.2 Å². The second kappa shape index (κ2) is 15.2. The molecule has 9 aromatic carbocycles. The van der Waals surface area contributed by atoms with E-state index < -0.39 is 0 Å². The molecule has 0 bridgehead atoms. The van der Waals surface area contributed by atoms with Crippen LogP contribution in [0.3, 0.4) is 0 Å². The van der Waals surface area contributed by atoms with Gasteiger partial charge >= 0.3 is 0 Å². The fourth-order valence-corrected chi connectivity index (χ4v) is 9.09. The summed E-state index contributed by atoms with van der Waals surface area (Å²) in [5, 5.41) is 5.90. The monoisotopic (exact) mass is 802 g/mol. The lowest BCUT2D eigenvalue weighted by molar-refractivity contribution is 1.18. The van der Waals surface area contributed by atoms with Gasteiger partial charge in [0.05, 0.1) is 33.6 Å². The maximum Gasteiger partial charge on any atom is 0.160 e. The van der Waals surface area contributed by atoms with Crippen LogP contribution < -0.4 is 0 Å². The van der Waals surface area contributed by atoms with E-state index in [2.05, 4.69) is 199 Å². The minimum Gasteiger partial charge on any atom is -0.309 e. The highest BCUT2D eigenvalue weighted by molar-refractivity contribution is 6.20. The van der Waals surface area contributed by atoms with E-state index in [4.69, 9.17) is 15.0 Å². The van der Waals surface area contributed by atoms with E-state index in [0.29, 0.717) is 5.82 Å². The Kier molecular flexibility index (Phi) is 8.79. The van der Waals surface area contributed by atoms with Crippen LogP contribution >= 0.6 is 0 Å². The molecule has 12 aromatic rings. The molecule has 12 rings (SSSR count). The summed E-state index contributed by atoms with van der Waals surface area (Å²) in [7, 11) is 0. The lowest BCUT2D eigenvalue weighted by Crippen LogP contribution is -1.95. The van der Waals surface area contributed by atoms with Crippen molar-refractivity contribution in [2.45, 2.75) is 0 Å². The predicted octanol–water partition coefficient (Wildman–Crippen LogP) is 15.3. The number of nitrogens with zero attached hydrogens (tertiary/aromatic N) is 4. The summed E-state index contributed by atoms with van der Waals surface area (Å²) in [6.45, 7) is 0. The van der Waals surface area contributed by atoms with Crippen LogP contribution in [0.15, 0.2) is 231 Å². The summed E-state index contributed by atoms with van der Waals surface area (Å²) in [5.74, 6) is 0.711. The third-order valence-electron chi connectivity index (χ3n) is 12.2. The van der Waals surface area contributed by atoms with E-state index in [1.54, 1.807) is 0 Å². The summed E-state index contributed by atoms with van der Waals surface area (Å²) < 4.78 is 2.40. The predicted molar refractivity (Wildman–Crippen MR) is 262 cm³/mol. The van der Waals surface area contributed by atoms with Gasteiger partial charge in [-0.1, -0.05) is 176 Å². The molecule has 0 aliphatic rings. The van der Waals surface area contributed by atoms with Crippen molar-refractivity contribution in [2.24, 2.45) is 0 Å². The van der Waals surface area contributed by atoms with Crippen LogP contribution in [-0.2, 0) is 0 Å². The number of hydrogen-bond acceptors (Lipinski definition) is 3. The van der Waals surface area contributed by atoms with Gasteiger partial charge < -0.3 is 4.57 Å². The molecule has 0 radical (unpaired) electrons. The average Bonchev–Trinajstić information content (AvgIpc) is 3.69. The molecular formula is C59H38N4. The molecule has 63 heavy (non-hydrogen) atoms. The van der Waals surface area contributed by atoms with Gasteiger partial charge in [0.1, 0.15) is 0 Å². The number of pyridine rings is 1. The van der Waals surface area contributed by atoms with Crippen LogP contribution in [0.2, 0.25) is 0 Å². The van der Waals surface area contributed by atoms with Crippen molar-refractivity contribution in [1.82, 2.24) is 19.5 Å². The highest BCUT2D eigenvalue weighted by atomic mass is 15.0. The Hall–Kier alpha value is -8.47. The second-order valence-corrected chi connectivity index (χ2v) is 16.0. The summed E-state index contributed by atoms with van der Waals surface area (Å²) in [4.78, 5) is 15.3. The Balaban J connectivity index is 0.968. The fraction of sp³-hybridized carbons (Fsp3) is 0. The third kappa shape index (κ3) is 6.53. The largest absolute Gasteiger partial charge is 0.309 e. The van der Waals surface area contributed by atoms with Gasteiger partial charge in [0, 0.05) is 49.5 Å². The first-order valence-electron chi connectivity index (χ1n) is 21.3. The van der Waals surface area contributed by atoms with Crippen LogP contribution in [0.25, 0.3) is 117 Å². The minimum absolute atomic E-state index is 0.711. The molecule has 0 N–H and O–H groups in total. The summed E-state index contributed by atoms with van der Waals surface area (Å²) in [5.41, 5.74) is 16.0. The Morgan fingerprint density at radius 1 is 0.270 bits per heavy atom. The number of hydrogen-bond donors (Lipinski definition) is 0. The molecule has 3 aromatic heterocycles. The summed E-state index contributed by atoms with van der Waals surface area (Å²) >= 11 is 0. The van der Waals surface area contributed by atoms with Gasteiger partial charge in [0.2, 0.25) is 0 Å². The molecule has 0 spiro atoms. The van der Waals surface area contributed by atoms with E-state index in [-0.39, 0.29) is 0 Å².